The van der Waals surface area contributed by atoms with Crippen LogP contribution in [0, 0.1) is 5.92 Å². The van der Waals surface area contributed by atoms with Crippen LogP contribution in [0.2, 0.25) is 0 Å². The molecule has 5 nitrogen and oxygen atoms in total. The minimum absolute atomic E-state index is 0.166. The number of rotatable bonds is 9. The SMILES string of the molecule is COC1=C=C=C(c2sc3cc(O)ccc3c2OC2=CC=C(OC[C@H](C)N3CC[C@@H](CF)C3)CC2)C=C1. The molecule has 1 aromatic carbocycles. The Kier molecular flexibility index (Phi) is 7.35. The molecule has 1 aromatic heterocycles. The molecule has 2 heterocycles. The van der Waals surface area contributed by atoms with Gasteiger partial charge < -0.3 is 19.3 Å². The number of likely N-dealkylation sites (tertiary alicyclic amines) is 1. The van der Waals surface area contributed by atoms with Crippen molar-refractivity contribution in [3.8, 4) is 11.5 Å². The number of thiophene rings is 1. The summed E-state index contributed by atoms with van der Waals surface area (Å²) >= 11 is 1.55. The van der Waals surface area contributed by atoms with Gasteiger partial charge in [-0.15, -0.1) is 11.3 Å². The van der Waals surface area contributed by atoms with Gasteiger partial charge in [0.2, 0.25) is 0 Å². The molecular formula is C29H30FNO4S. The van der Waals surface area contributed by atoms with Crippen LogP contribution in [0.5, 0.6) is 11.5 Å². The Hall–Kier alpha value is -3.21. The number of nitrogens with zero attached hydrogens (tertiary/aromatic N) is 1. The Morgan fingerprint density at radius 2 is 2.03 bits per heavy atom. The van der Waals surface area contributed by atoms with Crippen molar-refractivity contribution in [2.45, 2.75) is 32.2 Å². The van der Waals surface area contributed by atoms with Crippen molar-refractivity contribution < 1.29 is 23.7 Å². The molecule has 7 heteroatoms. The van der Waals surface area contributed by atoms with Crippen molar-refractivity contribution in [2.75, 3.05) is 33.5 Å². The largest absolute Gasteiger partial charge is 0.508 e. The highest BCUT2D eigenvalue weighted by Crippen LogP contribution is 2.44. The molecule has 1 saturated heterocycles. The lowest BCUT2D eigenvalue weighted by Gasteiger charge is -2.25. The minimum atomic E-state index is -0.236. The Morgan fingerprint density at radius 3 is 2.72 bits per heavy atom. The van der Waals surface area contributed by atoms with Crippen LogP contribution in [0.4, 0.5) is 4.39 Å². The molecule has 1 N–H and O–H groups in total. The molecule has 0 spiro atoms. The number of ether oxygens (including phenoxy) is 3. The van der Waals surface area contributed by atoms with Crippen molar-refractivity contribution in [3.05, 3.63) is 76.1 Å². The predicted octanol–water partition coefficient (Wildman–Crippen LogP) is 6.48. The fourth-order valence-electron chi connectivity index (χ4n) is 4.62. The van der Waals surface area contributed by atoms with Gasteiger partial charge in [-0.25, -0.2) is 0 Å². The first-order chi connectivity index (χ1) is 17.5. The summed E-state index contributed by atoms with van der Waals surface area (Å²) < 4.78 is 31.6. The molecule has 0 saturated carbocycles. The highest BCUT2D eigenvalue weighted by atomic mass is 32.1. The molecule has 2 aromatic rings. The van der Waals surface area contributed by atoms with Crippen LogP contribution >= 0.6 is 11.3 Å². The van der Waals surface area contributed by atoms with E-state index in [0.29, 0.717) is 12.4 Å². The highest BCUT2D eigenvalue weighted by molar-refractivity contribution is 7.20. The van der Waals surface area contributed by atoms with Gasteiger partial charge in [0.25, 0.3) is 0 Å². The smallest absolute Gasteiger partial charge is 0.169 e. The van der Waals surface area contributed by atoms with Crippen molar-refractivity contribution in [2.24, 2.45) is 5.92 Å². The third-order valence-corrected chi connectivity index (χ3v) is 7.96. The maximum atomic E-state index is 12.9. The number of aromatic hydroxyl groups is 1. The molecule has 3 aliphatic rings. The number of phenols is 1. The van der Waals surface area contributed by atoms with E-state index in [2.05, 4.69) is 23.3 Å². The summed E-state index contributed by atoms with van der Waals surface area (Å²) in [6.45, 7) is 4.26. The maximum Gasteiger partial charge on any atom is 0.169 e. The van der Waals surface area contributed by atoms with E-state index in [9.17, 15) is 9.50 Å². The molecule has 1 fully saturated rings. The molecule has 2 atom stereocenters. The third-order valence-electron chi connectivity index (χ3n) is 6.79. The van der Waals surface area contributed by atoms with E-state index in [1.165, 1.54) is 0 Å². The number of allylic oxidation sites excluding steroid dienone is 7. The number of alkyl halides is 1. The quantitative estimate of drug-likeness (QED) is 0.394. The molecule has 5 rings (SSSR count). The van der Waals surface area contributed by atoms with Crippen molar-refractivity contribution in [1.29, 1.82) is 0 Å². The lowest BCUT2D eigenvalue weighted by molar-refractivity contribution is 0.114. The number of benzene rings is 1. The van der Waals surface area contributed by atoms with Crippen LogP contribution in [0.1, 0.15) is 31.1 Å². The maximum absolute atomic E-state index is 12.9. The zero-order valence-corrected chi connectivity index (χ0v) is 21.4. The van der Waals surface area contributed by atoms with Gasteiger partial charge in [0, 0.05) is 47.0 Å². The van der Waals surface area contributed by atoms with Gasteiger partial charge in [0.05, 0.1) is 24.4 Å². The summed E-state index contributed by atoms with van der Waals surface area (Å²) in [7, 11) is 1.60. The van der Waals surface area contributed by atoms with Crippen LogP contribution in [-0.4, -0.2) is 49.5 Å². The van der Waals surface area contributed by atoms with Crippen LogP contribution in [-0.2, 0) is 9.47 Å². The second kappa shape index (κ2) is 10.8. The standard InChI is InChI=1S/C29H30FNO4S/c1-19(31-14-13-20(16-30)17-31)18-34-24-8-10-25(11-9-24)35-28-26-12-5-22(32)15-27(26)36-29(28)21-3-6-23(33-2)7-4-21/h3,5-6,8,10,12,15,19-20,32H,9,11,13-14,16-18H2,1-2H3/t19-,20-/m0/s1. The zero-order valence-electron chi connectivity index (χ0n) is 20.6. The molecule has 2 aliphatic carbocycles. The Morgan fingerprint density at radius 1 is 1.19 bits per heavy atom. The Balaban J connectivity index is 1.32. The topological polar surface area (TPSA) is 51.2 Å². The molecule has 0 amide bonds. The van der Waals surface area contributed by atoms with Gasteiger partial charge in [0.15, 0.2) is 11.5 Å². The molecule has 36 heavy (non-hydrogen) atoms. The number of phenolic OH excluding ortho intramolecular Hbond substituents is 1. The predicted molar refractivity (Wildman–Crippen MR) is 141 cm³/mol. The van der Waals surface area contributed by atoms with Gasteiger partial charge >= 0.3 is 0 Å². The fraction of sp³-hybridized carbons (Fsp3) is 0.379. The number of halogens is 1. The van der Waals surface area contributed by atoms with Gasteiger partial charge in [-0.05, 0) is 68.1 Å². The summed E-state index contributed by atoms with van der Waals surface area (Å²) in [6, 6.07) is 5.57. The molecule has 0 radical (unpaired) electrons. The van der Waals surface area contributed by atoms with Crippen LogP contribution < -0.4 is 4.74 Å². The van der Waals surface area contributed by atoms with Gasteiger partial charge in [-0.2, -0.15) is 0 Å². The second-order valence-corrected chi connectivity index (χ2v) is 10.4. The molecule has 1 aliphatic heterocycles. The van der Waals surface area contributed by atoms with Gasteiger partial charge in [-0.1, -0.05) is 5.73 Å². The first-order valence-corrected chi connectivity index (χ1v) is 13.1. The molecule has 0 unspecified atom stereocenters. The second-order valence-electron chi connectivity index (χ2n) is 9.34. The van der Waals surface area contributed by atoms with Crippen LogP contribution in [0.3, 0.4) is 0 Å². The molecular weight excluding hydrogens is 477 g/mol. The lowest BCUT2D eigenvalue weighted by atomic mass is 10.1. The summed E-state index contributed by atoms with van der Waals surface area (Å²) in [4.78, 5) is 3.24. The lowest BCUT2D eigenvalue weighted by Crippen LogP contribution is -2.34. The zero-order chi connectivity index (χ0) is 25.1. The van der Waals surface area contributed by atoms with Crippen LogP contribution in [0.25, 0.3) is 15.7 Å². The van der Waals surface area contributed by atoms with E-state index in [1.807, 2.05) is 30.4 Å². The van der Waals surface area contributed by atoms with Crippen molar-refractivity contribution >= 4 is 27.0 Å². The first-order valence-electron chi connectivity index (χ1n) is 12.3. The number of hydrogen-bond donors (Lipinski definition) is 1. The fourth-order valence-corrected chi connectivity index (χ4v) is 5.76. The average Bonchev–Trinajstić information content (AvgIpc) is 3.53. The number of methoxy groups -OCH3 is 1. The van der Waals surface area contributed by atoms with E-state index in [0.717, 1.165) is 70.2 Å². The minimum Gasteiger partial charge on any atom is -0.508 e. The molecule has 0 bridgehead atoms. The van der Waals surface area contributed by atoms with E-state index in [1.54, 1.807) is 30.6 Å². The Bertz CT molecular complexity index is 1340. The summed E-state index contributed by atoms with van der Waals surface area (Å²) in [6.07, 6.45) is 10.1. The average molecular weight is 508 g/mol. The highest BCUT2D eigenvalue weighted by Gasteiger charge is 2.26. The third kappa shape index (κ3) is 5.30. The van der Waals surface area contributed by atoms with Crippen molar-refractivity contribution in [3.63, 3.8) is 0 Å². The monoisotopic (exact) mass is 507 g/mol. The van der Waals surface area contributed by atoms with E-state index >= 15 is 0 Å². The van der Waals surface area contributed by atoms with Crippen molar-refractivity contribution in [1.82, 2.24) is 4.90 Å². The first kappa shape index (κ1) is 24.5. The van der Waals surface area contributed by atoms with E-state index in [-0.39, 0.29) is 24.4 Å². The van der Waals surface area contributed by atoms with E-state index < -0.39 is 0 Å². The normalized spacial score (nSPS) is 20.6. The number of hydrogen-bond acceptors (Lipinski definition) is 6. The summed E-state index contributed by atoms with van der Waals surface area (Å²) in [5.41, 5.74) is 7.04. The van der Waals surface area contributed by atoms with Gasteiger partial charge in [-0.3, -0.25) is 9.29 Å². The molecule has 188 valence electrons. The summed E-state index contributed by atoms with van der Waals surface area (Å²) in [5.74, 6) is 3.55. The Labute approximate surface area is 214 Å². The van der Waals surface area contributed by atoms with Gasteiger partial charge in [0.1, 0.15) is 18.1 Å². The number of fused-ring (bicyclic) bond motifs is 1. The van der Waals surface area contributed by atoms with E-state index in [4.69, 9.17) is 14.2 Å². The summed E-state index contributed by atoms with van der Waals surface area (Å²) in [5, 5.41) is 10.9. The van der Waals surface area contributed by atoms with Crippen LogP contribution in [0.15, 0.2) is 71.2 Å².